The average Bonchev–Trinajstić information content (AvgIpc) is 2.59. The minimum absolute atomic E-state index is 0.121. The number of fused-ring (bicyclic) bond motifs is 1. The fraction of sp³-hybridized carbons (Fsp3) is 0.182. The third kappa shape index (κ3) is 1.79. The minimum atomic E-state index is -0.255. The van der Waals surface area contributed by atoms with Crippen molar-refractivity contribution in [3.05, 3.63) is 35.3 Å². The van der Waals surface area contributed by atoms with E-state index in [1.165, 1.54) is 25.1 Å². The molecular formula is C11H9N2O3-. The van der Waals surface area contributed by atoms with Crippen LogP contribution < -0.4 is 0 Å². The zero-order valence-electron chi connectivity index (χ0n) is 8.64. The Labute approximate surface area is 91.3 Å². The van der Waals surface area contributed by atoms with Gasteiger partial charge in [-0.25, -0.2) is 4.98 Å². The lowest BCUT2D eigenvalue weighted by Gasteiger charge is -2.05. The van der Waals surface area contributed by atoms with Crippen molar-refractivity contribution in [2.75, 3.05) is 0 Å². The highest BCUT2D eigenvalue weighted by molar-refractivity contribution is 6.08. The van der Waals surface area contributed by atoms with E-state index in [2.05, 4.69) is 4.98 Å². The summed E-state index contributed by atoms with van der Waals surface area (Å²) in [6.07, 6.45) is 1.02. The molecule has 0 aliphatic carbocycles. The topological polar surface area (TPSA) is 75.0 Å². The number of ketones is 2. The quantitative estimate of drug-likeness (QED) is 0.577. The van der Waals surface area contributed by atoms with E-state index in [4.69, 9.17) is 0 Å². The molecule has 82 valence electrons. The summed E-state index contributed by atoms with van der Waals surface area (Å²) in [6.45, 7) is 1.36. The molecule has 5 nitrogen and oxygen atoms in total. The highest BCUT2D eigenvalue weighted by atomic mass is 16.5. The van der Waals surface area contributed by atoms with Crippen LogP contribution in [0.1, 0.15) is 23.7 Å². The Morgan fingerprint density at radius 1 is 1.44 bits per heavy atom. The highest BCUT2D eigenvalue weighted by Gasteiger charge is 2.09. The predicted octanol–water partition coefficient (Wildman–Crippen LogP) is 1.54. The van der Waals surface area contributed by atoms with Crippen LogP contribution in [-0.4, -0.2) is 21.3 Å². The maximum atomic E-state index is 11.6. The second kappa shape index (κ2) is 3.77. The molecule has 0 unspecified atom stereocenters. The molecule has 0 N–H and O–H groups in total. The van der Waals surface area contributed by atoms with Crippen molar-refractivity contribution in [2.45, 2.75) is 13.3 Å². The van der Waals surface area contributed by atoms with Crippen LogP contribution in [0.4, 0.5) is 0 Å². The van der Waals surface area contributed by atoms with Crippen LogP contribution in [0.2, 0.25) is 0 Å². The Bertz CT molecular complexity index is 572. The molecule has 0 fully saturated rings. The fourth-order valence-corrected chi connectivity index (χ4v) is 1.49. The summed E-state index contributed by atoms with van der Waals surface area (Å²) in [6, 6.07) is 4.58. The van der Waals surface area contributed by atoms with Crippen molar-refractivity contribution in [3.63, 3.8) is 0 Å². The van der Waals surface area contributed by atoms with Gasteiger partial charge in [0.25, 0.3) is 0 Å². The first-order valence-electron chi connectivity index (χ1n) is 4.75. The van der Waals surface area contributed by atoms with Crippen molar-refractivity contribution in [1.82, 2.24) is 9.71 Å². The van der Waals surface area contributed by atoms with Gasteiger partial charge in [0.1, 0.15) is 5.78 Å². The summed E-state index contributed by atoms with van der Waals surface area (Å²) in [5, 5.41) is 11.2. The van der Waals surface area contributed by atoms with Crippen LogP contribution in [0.25, 0.3) is 11.0 Å². The molecule has 1 aromatic heterocycles. The number of imidazole rings is 1. The van der Waals surface area contributed by atoms with Gasteiger partial charge < -0.3 is 9.94 Å². The smallest absolute Gasteiger partial charge is 0.170 e. The number of rotatable bonds is 3. The maximum absolute atomic E-state index is 11.6. The summed E-state index contributed by atoms with van der Waals surface area (Å²) < 4.78 is 0.633. The second-order valence-corrected chi connectivity index (χ2v) is 3.58. The Kier molecular flexibility index (Phi) is 2.44. The number of nitrogens with zero attached hydrogens (tertiary/aromatic N) is 2. The van der Waals surface area contributed by atoms with Gasteiger partial charge in [-0.3, -0.25) is 9.59 Å². The van der Waals surface area contributed by atoms with Crippen molar-refractivity contribution in [1.29, 1.82) is 0 Å². The van der Waals surface area contributed by atoms with Gasteiger partial charge in [0.2, 0.25) is 0 Å². The minimum Gasteiger partial charge on any atom is -0.805 e. The molecule has 1 aromatic carbocycles. The Morgan fingerprint density at radius 2 is 2.19 bits per heavy atom. The van der Waals surface area contributed by atoms with Gasteiger partial charge in [0, 0.05) is 5.56 Å². The number of hydrogen-bond acceptors (Lipinski definition) is 4. The first kappa shape index (κ1) is 10.4. The maximum Gasteiger partial charge on any atom is 0.170 e. The van der Waals surface area contributed by atoms with Crippen molar-refractivity contribution < 1.29 is 9.59 Å². The molecule has 0 radical (unpaired) electrons. The van der Waals surface area contributed by atoms with Crippen LogP contribution in [0.5, 0.6) is 0 Å². The molecule has 2 rings (SSSR count). The normalized spacial score (nSPS) is 10.6. The molecule has 0 spiro atoms. The van der Waals surface area contributed by atoms with Crippen molar-refractivity contribution >= 4 is 22.6 Å². The third-order valence-corrected chi connectivity index (χ3v) is 2.25. The lowest BCUT2D eigenvalue weighted by atomic mass is 10.1. The monoisotopic (exact) mass is 217 g/mol. The van der Waals surface area contributed by atoms with E-state index in [1.54, 1.807) is 0 Å². The van der Waals surface area contributed by atoms with Gasteiger partial charge in [-0.05, 0) is 25.1 Å². The largest absolute Gasteiger partial charge is 0.805 e. The van der Waals surface area contributed by atoms with Crippen LogP contribution in [-0.2, 0) is 4.79 Å². The lowest BCUT2D eigenvalue weighted by Crippen LogP contribution is -2.04. The molecule has 0 amide bonds. The van der Waals surface area contributed by atoms with E-state index < -0.39 is 0 Å². The summed E-state index contributed by atoms with van der Waals surface area (Å²) in [7, 11) is 0. The summed E-state index contributed by atoms with van der Waals surface area (Å²) in [4.78, 5) is 26.2. The molecule has 0 saturated carbocycles. The number of hydrogen-bond donors (Lipinski definition) is 0. The van der Waals surface area contributed by atoms with Crippen LogP contribution in [0.3, 0.4) is 0 Å². The van der Waals surface area contributed by atoms with Crippen LogP contribution >= 0.6 is 0 Å². The first-order valence-corrected chi connectivity index (χ1v) is 4.75. The number of carbonyl (C=O) groups excluding carboxylic acids is 2. The number of benzene rings is 1. The van der Waals surface area contributed by atoms with Gasteiger partial charge >= 0.3 is 0 Å². The fourth-order valence-electron chi connectivity index (χ4n) is 1.49. The SMILES string of the molecule is CC(=O)CC(=O)c1ccc2c(c1)ncn2[O-]. The Balaban J connectivity index is 2.39. The summed E-state index contributed by atoms with van der Waals surface area (Å²) in [5.41, 5.74) is 1.28. The van der Waals surface area contributed by atoms with Gasteiger partial charge in [0.05, 0.1) is 23.8 Å². The molecule has 0 atom stereocenters. The van der Waals surface area contributed by atoms with Gasteiger partial charge in [-0.2, -0.15) is 0 Å². The third-order valence-electron chi connectivity index (χ3n) is 2.25. The van der Waals surface area contributed by atoms with Gasteiger partial charge in [0.15, 0.2) is 5.78 Å². The van der Waals surface area contributed by atoms with Crippen LogP contribution in [0.15, 0.2) is 24.5 Å². The highest BCUT2D eigenvalue weighted by Crippen LogP contribution is 2.15. The molecule has 0 bridgehead atoms. The van der Waals surface area contributed by atoms with E-state index in [1.807, 2.05) is 0 Å². The average molecular weight is 217 g/mol. The number of carbonyl (C=O) groups is 2. The van der Waals surface area contributed by atoms with Gasteiger partial charge in [-0.1, -0.05) is 0 Å². The summed E-state index contributed by atoms with van der Waals surface area (Å²) in [5.74, 6) is -0.436. The van der Waals surface area contributed by atoms with E-state index >= 15 is 0 Å². The lowest BCUT2D eigenvalue weighted by molar-refractivity contribution is -0.116. The first-order chi connectivity index (χ1) is 7.58. The van der Waals surface area contributed by atoms with Crippen molar-refractivity contribution in [2.24, 2.45) is 0 Å². The van der Waals surface area contributed by atoms with E-state index in [0.717, 1.165) is 6.33 Å². The Morgan fingerprint density at radius 3 is 2.88 bits per heavy atom. The zero-order valence-corrected chi connectivity index (χ0v) is 8.64. The molecule has 2 aromatic rings. The number of Topliss-reactive ketones (excluding diaryl/α,β-unsaturated/α-hetero) is 2. The van der Waals surface area contributed by atoms with Crippen LogP contribution in [0, 0.1) is 5.21 Å². The molecular weight excluding hydrogens is 208 g/mol. The zero-order chi connectivity index (χ0) is 11.7. The standard InChI is InChI=1S/C11H9N2O3/c1-7(14)4-11(15)8-2-3-10-9(5-8)12-6-13(10)16/h2-3,5-6H,4H2,1H3/q-1. The Hall–Kier alpha value is -2.17. The van der Waals surface area contributed by atoms with Crippen molar-refractivity contribution in [3.8, 4) is 0 Å². The molecule has 0 aliphatic rings. The van der Waals surface area contributed by atoms with E-state index in [9.17, 15) is 14.8 Å². The molecule has 0 saturated heterocycles. The van der Waals surface area contributed by atoms with Gasteiger partial charge in [-0.15, -0.1) is 0 Å². The molecule has 5 heteroatoms. The second-order valence-electron chi connectivity index (χ2n) is 3.58. The molecule has 16 heavy (non-hydrogen) atoms. The molecule has 0 aliphatic heterocycles. The summed E-state index contributed by atoms with van der Waals surface area (Å²) >= 11 is 0. The van der Waals surface area contributed by atoms with E-state index in [0.29, 0.717) is 21.3 Å². The van der Waals surface area contributed by atoms with E-state index in [-0.39, 0.29) is 18.0 Å². The number of aromatic nitrogens is 2. The molecule has 1 heterocycles. The predicted molar refractivity (Wildman–Crippen MR) is 58.1 cm³/mol.